The molecule has 6 nitrogen and oxygen atoms in total. The predicted molar refractivity (Wildman–Crippen MR) is 87.9 cm³/mol. The molecule has 24 heavy (non-hydrogen) atoms. The molecule has 0 aliphatic heterocycles. The molecule has 1 aromatic heterocycles. The molecule has 0 spiro atoms. The predicted octanol–water partition coefficient (Wildman–Crippen LogP) is 2.80. The molecule has 0 radical (unpaired) electrons. The van der Waals surface area contributed by atoms with Crippen LogP contribution in [0.3, 0.4) is 0 Å². The van der Waals surface area contributed by atoms with Gasteiger partial charge in [-0.2, -0.15) is 0 Å². The van der Waals surface area contributed by atoms with E-state index in [0.717, 1.165) is 16.9 Å². The number of rotatable bonds is 7. The third-order valence-corrected chi connectivity index (χ3v) is 3.55. The van der Waals surface area contributed by atoms with Crippen LogP contribution in [0.25, 0.3) is 0 Å². The molecule has 0 saturated carbocycles. The van der Waals surface area contributed by atoms with Crippen LogP contribution < -0.4 is 4.74 Å². The van der Waals surface area contributed by atoms with E-state index in [1.54, 1.807) is 0 Å². The smallest absolute Gasteiger partial charge is 0.375 e. The fraction of sp³-hybridized carbons (Fsp3) is 0.167. The third-order valence-electron chi connectivity index (χ3n) is 3.55. The van der Waals surface area contributed by atoms with Crippen LogP contribution >= 0.6 is 0 Å². The van der Waals surface area contributed by atoms with Crippen molar-refractivity contribution in [3.63, 3.8) is 0 Å². The number of benzene rings is 2. The molecule has 1 heterocycles. The number of carboxylic acids is 1. The van der Waals surface area contributed by atoms with Crippen molar-refractivity contribution in [3.05, 3.63) is 77.9 Å². The Hall–Kier alpha value is -3.15. The number of aromatic carboxylic acids is 1. The normalized spacial score (nSPS) is 10.5. The Labute approximate surface area is 139 Å². The van der Waals surface area contributed by atoms with E-state index in [1.165, 1.54) is 11.0 Å². The fourth-order valence-electron chi connectivity index (χ4n) is 2.32. The maximum Gasteiger partial charge on any atom is 0.375 e. The molecule has 0 bridgehead atoms. The van der Waals surface area contributed by atoms with E-state index in [1.807, 2.05) is 54.6 Å². The van der Waals surface area contributed by atoms with Gasteiger partial charge in [0.25, 0.3) is 5.82 Å². The molecule has 1 N–H and O–H groups in total. The van der Waals surface area contributed by atoms with Crippen molar-refractivity contribution in [1.82, 2.24) is 14.8 Å². The third kappa shape index (κ3) is 3.98. The second-order valence-electron chi connectivity index (χ2n) is 5.27. The number of aryl methyl sites for hydroxylation is 2. The summed E-state index contributed by atoms with van der Waals surface area (Å²) in [6.45, 7) is 1.04. The van der Waals surface area contributed by atoms with E-state index in [0.29, 0.717) is 19.6 Å². The minimum Gasteiger partial charge on any atom is -0.489 e. The molecular formula is C18H17N3O3. The van der Waals surface area contributed by atoms with Crippen molar-refractivity contribution in [2.24, 2.45) is 0 Å². The number of hydrogen-bond donors (Lipinski definition) is 1. The molecule has 0 aliphatic carbocycles. The lowest BCUT2D eigenvalue weighted by atomic mass is 10.1. The van der Waals surface area contributed by atoms with Crippen LogP contribution in [0.1, 0.15) is 21.7 Å². The van der Waals surface area contributed by atoms with E-state index in [4.69, 9.17) is 9.84 Å². The standard InChI is InChI=1S/C18H17N3O3/c22-18(23)17-19-13-21(20-17)11-10-15-8-4-5-9-16(15)24-12-14-6-2-1-3-7-14/h1-9,13H,10-12H2,(H,22,23). The van der Waals surface area contributed by atoms with Gasteiger partial charge in [0.15, 0.2) is 0 Å². The molecule has 0 saturated heterocycles. The van der Waals surface area contributed by atoms with Crippen LogP contribution in [0.5, 0.6) is 5.75 Å². The maximum absolute atomic E-state index is 10.8. The highest BCUT2D eigenvalue weighted by molar-refractivity contribution is 5.82. The molecule has 0 aliphatic rings. The Kier molecular flexibility index (Phi) is 4.86. The summed E-state index contributed by atoms with van der Waals surface area (Å²) in [4.78, 5) is 14.6. The summed E-state index contributed by atoms with van der Waals surface area (Å²) in [5.74, 6) is -0.496. The Balaban J connectivity index is 1.64. The molecule has 3 aromatic rings. The molecule has 6 heteroatoms. The van der Waals surface area contributed by atoms with Gasteiger partial charge in [-0.05, 0) is 23.6 Å². The topological polar surface area (TPSA) is 77.2 Å². The van der Waals surface area contributed by atoms with Gasteiger partial charge in [0.2, 0.25) is 0 Å². The number of para-hydroxylation sites is 1. The molecule has 0 fully saturated rings. The fourth-order valence-corrected chi connectivity index (χ4v) is 2.32. The van der Waals surface area contributed by atoms with E-state index in [9.17, 15) is 4.79 Å². The van der Waals surface area contributed by atoms with Gasteiger partial charge >= 0.3 is 5.97 Å². The van der Waals surface area contributed by atoms with Crippen LogP contribution in [-0.4, -0.2) is 25.8 Å². The Bertz CT molecular complexity index is 815. The number of ether oxygens (including phenoxy) is 1. The Morgan fingerprint density at radius 2 is 1.83 bits per heavy atom. The quantitative estimate of drug-likeness (QED) is 0.723. The summed E-state index contributed by atoms with van der Waals surface area (Å²) in [7, 11) is 0. The second-order valence-corrected chi connectivity index (χ2v) is 5.27. The van der Waals surface area contributed by atoms with Gasteiger partial charge in [-0.15, -0.1) is 5.10 Å². The minimum atomic E-state index is -1.12. The van der Waals surface area contributed by atoms with Crippen LogP contribution in [0.4, 0.5) is 0 Å². The zero-order valence-corrected chi connectivity index (χ0v) is 13.0. The van der Waals surface area contributed by atoms with Gasteiger partial charge in [0.1, 0.15) is 18.7 Å². The molecule has 0 unspecified atom stereocenters. The van der Waals surface area contributed by atoms with Gasteiger partial charge in [-0.3, -0.25) is 4.68 Å². The first kappa shape index (κ1) is 15.7. The van der Waals surface area contributed by atoms with Crippen molar-refractivity contribution >= 4 is 5.97 Å². The first-order chi connectivity index (χ1) is 11.7. The van der Waals surface area contributed by atoms with Gasteiger partial charge in [0, 0.05) is 6.54 Å². The molecule has 2 aromatic carbocycles. The number of carboxylic acid groups (broad SMARTS) is 1. The van der Waals surface area contributed by atoms with E-state index in [2.05, 4.69) is 10.1 Å². The van der Waals surface area contributed by atoms with E-state index < -0.39 is 5.97 Å². The maximum atomic E-state index is 10.8. The first-order valence-electron chi connectivity index (χ1n) is 7.60. The summed E-state index contributed by atoms with van der Waals surface area (Å²) in [5.41, 5.74) is 2.15. The summed E-state index contributed by atoms with van der Waals surface area (Å²) >= 11 is 0. The Morgan fingerprint density at radius 1 is 1.08 bits per heavy atom. The summed E-state index contributed by atoms with van der Waals surface area (Å²) in [6.07, 6.45) is 2.10. The van der Waals surface area contributed by atoms with Crippen molar-refractivity contribution < 1.29 is 14.6 Å². The number of hydrogen-bond acceptors (Lipinski definition) is 4. The average molecular weight is 323 g/mol. The lowest BCUT2D eigenvalue weighted by Gasteiger charge is -2.11. The zero-order valence-electron chi connectivity index (χ0n) is 13.0. The lowest BCUT2D eigenvalue weighted by molar-refractivity contribution is 0.0683. The minimum absolute atomic E-state index is 0.191. The van der Waals surface area contributed by atoms with Gasteiger partial charge in [-0.25, -0.2) is 9.78 Å². The van der Waals surface area contributed by atoms with Gasteiger partial charge in [-0.1, -0.05) is 48.5 Å². The van der Waals surface area contributed by atoms with Crippen molar-refractivity contribution in [2.45, 2.75) is 19.6 Å². The molecule has 122 valence electrons. The number of nitrogens with zero attached hydrogens (tertiary/aromatic N) is 3. The largest absolute Gasteiger partial charge is 0.489 e. The summed E-state index contributed by atoms with van der Waals surface area (Å²) in [5, 5.41) is 12.8. The SMILES string of the molecule is O=C(O)c1ncn(CCc2ccccc2OCc2ccccc2)n1. The molecule has 0 amide bonds. The van der Waals surface area contributed by atoms with Gasteiger partial charge in [0.05, 0.1) is 0 Å². The van der Waals surface area contributed by atoms with Crippen LogP contribution in [-0.2, 0) is 19.6 Å². The first-order valence-corrected chi connectivity index (χ1v) is 7.60. The number of aromatic nitrogens is 3. The average Bonchev–Trinajstić information content (AvgIpc) is 3.09. The lowest BCUT2D eigenvalue weighted by Crippen LogP contribution is -2.06. The number of carbonyl (C=O) groups is 1. The highest BCUT2D eigenvalue weighted by Gasteiger charge is 2.09. The second kappa shape index (κ2) is 7.41. The highest BCUT2D eigenvalue weighted by Crippen LogP contribution is 2.20. The molecule has 0 atom stereocenters. The highest BCUT2D eigenvalue weighted by atomic mass is 16.5. The molecule has 3 rings (SSSR count). The van der Waals surface area contributed by atoms with Crippen molar-refractivity contribution in [2.75, 3.05) is 0 Å². The summed E-state index contributed by atoms with van der Waals surface area (Å²) < 4.78 is 7.44. The molecular weight excluding hydrogens is 306 g/mol. The Morgan fingerprint density at radius 3 is 2.58 bits per heavy atom. The van der Waals surface area contributed by atoms with Crippen LogP contribution in [0.15, 0.2) is 60.9 Å². The summed E-state index contributed by atoms with van der Waals surface area (Å²) in [6, 6.07) is 17.8. The van der Waals surface area contributed by atoms with Crippen molar-refractivity contribution in [1.29, 1.82) is 0 Å². The van der Waals surface area contributed by atoms with Crippen molar-refractivity contribution in [3.8, 4) is 5.75 Å². The van der Waals surface area contributed by atoms with E-state index in [-0.39, 0.29) is 5.82 Å². The van der Waals surface area contributed by atoms with Crippen LogP contribution in [0, 0.1) is 0 Å². The monoisotopic (exact) mass is 323 g/mol. The van der Waals surface area contributed by atoms with Crippen LogP contribution in [0.2, 0.25) is 0 Å². The zero-order chi connectivity index (χ0) is 16.8. The van der Waals surface area contributed by atoms with Gasteiger partial charge < -0.3 is 9.84 Å². The van der Waals surface area contributed by atoms with E-state index >= 15 is 0 Å².